The van der Waals surface area contributed by atoms with Crippen molar-refractivity contribution in [3.05, 3.63) is 58.9 Å². The van der Waals surface area contributed by atoms with Crippen LogP contribution in [0.3, 0.4) is 0 Å². The molecule has 6 heteroatoms. The Morgan fingerprint density at radius 2 is 1.74 bits per heavy atom. The third-order valence-electron chi connectivity index (χ3n) is 2.58. The highest BCUT2D eigenvalue weighted by Crippen LogP contribution is 2.21. The van der Waals surface area contributed by atoms with E-state index in [1.807, 2.05) is 0 Å². The number of halogens is 2. The van der Waals surface area contributed by atoms with Crippen molar-refractivity contribution in [1.82, 2.24) is 0 Å². The van der Waals surface area contributed by atoms with E-state index < -0.39 is 15.7 Å². The van der Waals surface area contributed by atoms with E-state index in [2.05, 4.69) is 0 Å². The lowest BCUT2D eigenvalue weighted by Crippen LogP contribution is -2.05. The van der Waals surface area contributed by atoms with Gasteiger partial charge < -0.3 is 5.73 Å². The highest BCUT2D eigenvalue weighted by molar-refractivity contribution is 7.90. The van der Waals surface area contributed by atoms with Crippen molar-refractivity contribution in [2.24, 2.45) is 0 Å². The molecule has 0 aliphatic heterocycles. The van der Waals surface area contributed by atoms with Crippen molar-refractivity contribution >= 4 is 27.1 Å². The van der Waals surface area contributed by atoms with Crippen LogP contribution in [0.5, 0.6) is 0 Å². The predicted octanol–water partition coefficient (Wildman–Crippen LogP) is 3.04. The summed E-state index contributed by atoms with van der Waals surface area (Å²) in [7, 11) is -3.50. The number of nitrogen functional groups attached to an aromatic ring is 1. The van der Waals surface area contributed by atoms with Gasteiger partial charge in [-0.15, -0.1) is 0 Å². The molecule has 0 unspecified atom stereocenters. The lowest BCUT2D eigenvalue weighted by atomic mass is 10.2. The average molecular weight is 300 g/mol. The minimum atomic E-state index is -3.50. The molecule has 0 heterocycles. The Hall–Kier alpha value is -1.59. The van der Waals surface area contributed by atoms with E-state index in [-0.39, 0.29) is 15.7 Å². The number of hydrogen-bond acceptors (Lipinski definition) is 3. The van der Waals surface area contributed by atoms with Crippen LogP contribution in [0.1, 0.15) is 5.56 Å². The molecule has 100 valence electrons. The van der Waals surface area contributed by atoms with Crippen LogP contribution in [0.15, 0.2) is 47.4 Å². The summed E-state index contributed by atoms with van der Waals surface area (Å²) in [4.78, 5) is 0.169. The fourth-order valence-corrected chi connectivity index (χ4v) is 3.15. The van der Waals surface area contributed by atoms with Crippen LogP contribution in [-0.4, -0.2) is 8.42 Å². The second-order valence-corrected chi connectivity index (χ2v) is 6.47. The SMILES string of the molecule is Nc1ccc(S(=O)(=O)Cc2ccc(F)c(Cl)c2)cc1. The van der Waals surface area contributed by atoms with Gasteiger partial charge in [0, 0.05) is 5.69 Å². The predicted molar refractivity (Wildman–Crippen MR) is 73.2 cm³/mol. The molecule has 0 saturated carbocycles. The maximum absolute atomic E-state index is 13.0. The molecule has 0 aliphatic rings. The summed E-state index contributed by atoms with van der Waals surface area (Å²) in [5.74, 6) is -0.813. The van der Waals surface area contributed by atoms with E-state index in [0.717, 1.165) is 6.07 Å². The zero-order chi connectivity index (χ0) is 14.0. The van der Waals surface area contributed by atoms with Crippen LogP contribution in [0, 0.1) is 5.82 Å². The first kappa shape index (κ1) is 13.8. The minimum absolute atomic E-state index is 0.0926. The number of anilines is 1. The lowest BCUT2D eigenvalue weighted by Gasteiger charge is -2.06. The number of sulfone groups is 1. The molecular formula is C13H11ClFNO2S. The van der Waals surface area contributed by atoms with Crippen LogP contribution in [0.2, 0.25) is 5.02 Å². The summed E-state index contributed by atoms with van der Waals surface area (Å²) in [5.41, 5.74) is 6.43. The number of benzene rings is 2. The van der Waals surface area contributed by atoms with Crippen molar-refractivity contribution in [2.45, 2.75) is 10.6 Å². The molecular weight excluding hydrogens is 289 g/mol. The summed E-state index contributed by atoms with van der Waals surface area (Å²) in [6.45, 7) is 0. The van der Waals surface area contributed by atoms with Crippen molar-refractivity contribution < 1.29 is 12.8 Å². The molecule has 2 rings (SSSR count). The van der Waals surface area contributed by atoms with Gasteiger partial charge in [0.2, 0.25) is 0 Å². The van der Waals surface area contributed by atoms with E-state index in [4.69, 9.17) is 17.3 Å². The molecule has 2 N–H and O–H groups in total. The van der Waals surface area contributed by atoms with Gasteiger partial charge in [-0.05, 0) is 42.0 Å². The van der Waals surface area contributed by atoms with E-state index >= 15 is 0 Å². The molecule has 0 radical (unpaired) electrons. The highest BCUT2D eigenvalue weighted by Gasteiger charge is 2.15. The van der Waals surface area contributed by atoms with Gasteiger partial charge >= 0.3 is 0 Å². The normalized spacial score (nSPS) is 11.5. The lowest BCUT2D eigenvalue weighted by molar-refractivity contribution is 0.595. The summed E-state index contributed by atoms with van der Waals surface area (Å²) in [6, 6.07) is 9.78. The van der Waals surface area contributed by atoms with Crippen LogP contribution in [0.4, 0.5) is 10.1 Å². The topological polar surface area (TPSA) is 60.2 Å². The largest absolute Gasteiger partial charge is 0.399 e. The summed E-state index contributed by atoms with van der Waals surface area (Å²) < 4.78 is 37.3. The van der Waals surface area contributed by atoms with Crippen molar-refractivity contribution in [2.75, 3.05) is 5.73 Å². The molecule has 2 aromatic carbocycles. The van der Waals surface area contributed by atoms with Gasteiger partial charge in [-0.25, -0.2) is 12.8 Å². The first-order valence-corrected chi connectivity index (χ1v) is 7.44. The zero-order valence-electron chi connectivity index (χ0n) is 9.81. The van der Waals surface area contributed by atoms with Crippen LogP contribution in [0.25, 0.3) is 0 Å². The van der Waals surface area contributed by atoms with Gasteiger partial charge in [0.25, 0.3) is 0 Å². The third kappa shape index (κ3) is 3.24. The van der Waals surface area contributed by atoms with Gasteiger partial charge in [-0.3, -0.25) is 0 Å². The monoisotopic (exact) mass is 299 g/mol. The van der Waals surface area contributed by atoms with Gasteiger partial charge in [0.15, 0.2) is 9.84 Å². The average Bonchev–Trinajstić information content (AvgIpc) is 2.34. The Kier molecular flexibility index (Phi) is 3.78. The van der Waals surface area contributed by atoms with Crippen molar-refractivity contribution in [3.8, 4) is 0 Å². The Morgan fingerprint density at radius 3 is 2.32 bits per heavy atom. The number of hydrogen-bond donors (Lipinski definition) is 1. The first-order chi connectivity index (χ1) is 8.88. The van der Waals surface area contributed by atoms with Gasteiger partial charge in [-0.2, -0.15) is 0 Å². The molecule has 0 atom stereocenters. The minimum Gasteiger partial charge on any atom is -0.399 e. The Morgan fingerprint density at radius 1 is 1.11 bits per heavy atom. The molecule has 0 amide bonds. The summed E-state index contributed by atoms with van der Waals surface area (Å²) in [5, 5.41) is -0.0926. The standard InChI is InChI=1S/C13H11ClFNO2S/c14-12-7-9(1-6-13(12)15)8-19(17,18)11-4-2-10(16)3-5-11/h1-7H,8,16H2. The highest BCUT2D eigenvalue weighted by atomic mass is 35.5. The maximum Gasteiger partial charge on any atom is 0.182 e. The molecule has 0 aromatic heterocycles. The second-order valence-electron chi connectivity index (χ2n) is 4.08. The van der Waals surface area contributed by atoms with Crippen molar-refractivity contribution in [1.29, 1.82) is 0 Å². The number of rotatable bonds is 3. The van der Waals surface area contributed by atoms with Gasteiger partial charge in [-0.1, -0.05) is 17.7 Å². The van der Waals surface area contributed by atoms with Crippen LogP contribution in [-0.2, 0) is 15.6 Å². The molecule has 0 bridgehead atoms. The van der Waals surface area contributed by atoms with Crippen molar-refractivity contribution in [3.63, 3.8) is 0 Å². The van der Waals surface area contributed by atoms with E-state index in [1.165, 1.54) is 36.4 Å². The van der Waals surface area contributed by atoms with E-state index in [0.29, 0.717) is 11.3 Å². The van der Waals surface area contributed by atoms with E-state index in [9.17, 15) is 12.8 Å². The number of nitrogens with two attached hydrogens (primary N) is 1. The van der Waals surface area contributed by atoms with Gasteiger partial charge in [0.1, 0.15) is 5.82 Å². The molecule has 0 fully saturated rings. The second kappa shape index (κ2) is 5.19. The molecule has 0 saturated heterocycles. The van der Waals surface area contributed by atoms with Crippen LogP contribution >= 0.6 is 11.6 Å². The maximum atomic E-state index is 13.0. The third-order valence-corrected chi connectivity index (χ3v) is 4.57. The summed E-state index contributed by atoms with van der Waals surface area (Å²) >= 11 is 5.62. The van der Waals surface area contributed by atoms with E-state index in [1.54, 1.807) is 0 Å². The Bertz CT molecular complexity index is 699. The summed E-state index contributed by atoms with van der Waals surface area (Å²) in [6.07, 6.45) is 0. The molecule has 19 heavy (non-hydrogen) atoms. The Labute approximate surface area is 115 Å². The Balaban J connectivity index is 2.30. The van der Waals surface area contributed by atoms with Crippen LogP contribution < -0.4 is 5.73 Å². The quantitative estimate of drug-likeness (QED) is 0.886. The molecule has 3 nitrogen and oxygen atoms in total. The van der Waals surface area contributed by atoms with Gasteiger partial charge in [0.05, 0.1) is 15.7 Å². The molecule has 0 aliphatic carbocycles. The molecule has 0 spiro atoms. The first-order valence-electron chi connectivity index (χ1n) is 5.41. The smallest absolute Gasteiger partial charge is 0.182 e. The fraction of sp³-hybridized carbons (Fsp3) is 0.0769. The fourth-order valence-electron chi connectivity index (χ4n) is 1.61. The zero-order valence-corrected chi connectivity index (χ0v) is 11.4. The molecule has 2 aromatic rings.